The lowest BCUT2D eigenvalue weighted by atomic mass is 10.1. The van der Waals surface area contributed by atoms with Gasteiger partial charge in [0.1, 0.15) is 12.4 Å². The monoisotopic (exact) mass is 451 g/mol. The Balaban J connectivity index is 1.47. The van der Waals surface area contributed by atoms with Gasteiger partial charge in [-0.2, -0.15) is 0 Å². The Morgan fingerprint density at radius 3 is 2.41 bits per heavy atom. The molecule has 0 aliphatic carbocycles. The Labute approximate surface area is 188 Å². The van der Waals surface area contributed by atoms with E-state index in [2.05, 4.69) is 10.9 Å². The van der Waals surface area contributed by atoms with Crippen molar-refractivity contribution in [2.75, 3.05) is 0 Å². The van der Waals surface area contributed by atoms with E-state index < -0.39 is 16.7 Å². The molecule has 0 aromatic heterocycles. The van der Waals surface area contributed by atoms with Gasteiger partial charge in [-0.3, -0.25) is 30.6 Å². The summed E-state index contributed by atoms with van der Waals surface area (Å²) in [4.78, 5) is 34.4. The first kappa shape index (κ1) is 22.5. The molecular formula is C23H18ClN3O5. The average Bonchev–Trinajstić information content (AvgIpc) is 2.81. The summed E-state index contributed by atoms with van der Waals surface area (Å²) < 4.78 is 5.65. The van der Waals surface area contributed by atoms with Gasteiger partial charge in [0.25, 0.3) is 17.5 Å². The second-order valence-electron chi connectivity index (χ2n) is 6.57. The molecule has 3 aromatic rings. The van der Waals surface area contributed by atoms with Crippen LogP contribution in [0.15, 0.2) is 78.9 Å². The van der Waals surface area contributed by atoms with E-state index >= 15 is 0 Å². The lowest BCUT2D eigenvalue weighted by Crippen LogP contribution is -2.40. The predicted molar refractivity (Wildman–Crippen MR) is 120 cm³/mol. The molecule has 3 aromatic carbocycles. The van der Waals surface area contributed by atoms with E-state index in [0.29, 0.717) is 28.5 Å². The van der Waals surface area contributed by atoms with Crippen LogP contribution < -0.4 is 15.6 Å². The molecule has 0 bridgehead atoms. The Morgan fingerprint density at radius 2 is 1.72 bits per heavy atom. The fraction of sp³-hybridized carbons (Fsp3) is 0.0435. The maximum atomic E-state index is 12.2. The van der Waals surface area contributed by atoms with Crippen LogP contribution in [0.2, 0.25) is 5.02 Å². The number of hydrazine groups is 1. The highest BCUT2D eigenvalue weighted by Gasteiger charge is 2.07. The molecule has 162 valence electrons. The van der Waals surface area contributed by atoms with Gasteiger partial charge in [0, 0.05) is 28.8 Å². The summed E-state index contributed by atoms with van der Waals surface area (Å²) in [5.74, 6) is -0.401. The van der Waals surface area contributed by atoms with Gasteiger partial charge in [-0.15, -0.1) is 0 Å². The quantitative estimate of drug-likeness (QED) is 0.316. The fourth-order valence-electron chi connectivity index (χ4n) is 2.60. The first-order chi connectivity index (χ1) is 15.4. The largest absolute Gasteiger partial charge is 0.489 e. The molecule has 2 N–H and O–H groups in total. The van der Waals surface area contributed by atoms with E-state index in [9.17, 15) is 19.7 Å². The molecule has 3 rings (SSSR count). The van der Waals surface area contributed by atoms with Crippen LogP contribution in [0.3, 0.4) is 0 Å². The van der Waals surface area contributed by atoms with E-state index in [1.807, 2.05) is 0 Å². The average molecular weight is 452 g/mol. The van der Waals surface area contributed by atoms with Gasteiger partial charge in [-0.05, 0) is 53.6 Å². The number of nitro benzene ring substituents is 1. The zero-order valence-electron chi connectivity index (χ0n) is 16.7. The van der Waals surface area contributed by atoms with Gasteiger partial charge in [0.2, 0.25) is 0 Å². The van der Waals surface area contributed by atoms with Crippen LogP contribution in [0.4, 0.5) is 5.69 Å². The molecule has 9 heteroatoms. The third-order valence-electron chi connectivity index (χ3n) is 4.24. The topological polar surface area (TPSA) is 111 Å². The first-order valence-corrected chi connectivity index (χ1v) is 9.79. The summed E-state index contributed by atoms with van der Waals surface area (Å²) in [7, 11) is 0. The molecule has 0 atom stereocenters. The molecule has 0 spiro atoms. The second-order valence-corrected chi connectivity index (χ2v) is 7.00. The summed E-state index contributed by atoms with van der Waals surface area (Å²) in [6.07, 6.45) is 2.57. The number of rotatable bonds is 7. The summed E-state index contributed by atoms with van der Waals surface area (Å²) >= 11 is 5.84. The number of carbonyl (C=O) groups excluding carboxylic acids is 2. The van der Waals surface area contributed by atoms with Crippen LogP contribution in [0.5, 0.6) is 5.75 Å². The predicted octanol–water partition coefficient (Wildman–Crippen LogP) is 4.30. The maximum absolute atomic E-state index is 12.2. The number of carbonyl (C=O) groups is 2. The van der Waals surface area contributed by atoms with Crippen molar-refractivity contribution < 1.29 is 19.2 Å². The minimum absolute atomic E-state index is 0.0807. The molecule has 0 unspecified atom stereocenters. The number of benzene rings is 3. The third kappa shape index (κ3) is 6.68. The summed E-state index contributed by atoms with van der Waals surface area (Å²) in [6, 6.07) is 19.5. The van der Waals surface area contributed by atoms with Crippen LogP contribution in [0.25, 0.3) is 6.08 Å². The summed E-state index contributed by atoms with van der Waals surface area (Å²) in [6.45, 7) is 0.322. The van der Waals surface area contributed by atoms with Gasteiger partial charge in [-0.1, -0.05) is 35.9 Å². The molecule has 0 fully saturated rings. The Morgan fingerprint density at radius 1 is 1.00 bits per heavy atom. The fourth-order valence-corrected chi connectivity index (χ4v) is 2.72. The van der Waals surface area contributed by atoms with Gasteiger partial charge >= 0.3 is 0 Å². The molecular weight excluding hydrogens is 434 g/mol. The molecule has 2 amide bonds. The number of amides is 2. The normalized spacial score (nSPS) is 10.5. The van der Waals surface area contributed by atoms with Gasteiger partial charge in [-0.25, -0.2) is 0 Å². The number of hydrogen-bond acceptors (Lipinski definition) is 5. The number of nitrogens with one attached hydrogen (secondary N) is 2. The Hall–Kier alpha value is -4.17. The molecule has 0 aliphatic heterocycles. The van der Waals surface area contributed by atoms with Crippen LogP contribution in [-0.2, 0) is 11.4 Å². The SMILES string of the molecule is O=C(/C=C/c1cccc([N+](=O)[O-])c1)NNC(=O)c1ccc(COc2ccc(Cl)cc2)cc1. The number of nitro groups is 1. The second kappa shape index (κ2) is 10.7. The molecule has 0 heterocycles. The van der Waals surface area contributed by atoms with Crippen LogP contribution in [0, 0.1) is 10.1 Å². The minimum Gasteiger partial charge on any atom is -0.489 e. The van der Waals surface area contributed by atoms with Crippen LogP contribution in [-0.4, -0.2) is 16.7 Å². The van der Waals surface area contributed by atoms with Crippen molar-refractivity contribution in [2.24, 2.45) is 0 Å². The van der Waals surface area contributed by atoms with Crippen molar-refractivity contribution in [3.05, 3.63) is 111 Å². The number of nitrogens with zero attached hydrogens (tertiary/aromatic N) is 1. The Kier molecular flexibility index (Phi) is 7.55. The lowest BCUT2D eigenvalue weighted by Gasteiger charge is -2.08. The van der Waals surface area contributed by atoms with E-state index in [0.717, 1.165) is 11.6 Å². The van der Waals surface area contributed by atoms with Crippen molar-refractivity contribution in [3.63, 3.8) is 0 Å². The smallest absolute Gasteiger partial charge is 0.270 e. The molecule has 8 nitrogen and oxygen atoms in total. The molecule has 32 heavy (non-hydrogen) atoms. The third-order valence-corrected chi connectivity index (χ3v) is 4.49. The summed E-state index contributed by atoms with van der Waals surface area (Å²) in [5.41, 5.74) is 6.18. The van der Waals surface area contributed by atoms with E-state index in [4.69, 9.17) is 16.3 Å². The highest BCUT2D eigenvalue weighted by Crippen LogP contribution is 2.17. The maximum Gasteiger partial charge on any atom is 0.270 e. The van der Waals surface area contributed by atoms with Crippen molar-refractivity contribution in [1.29, 1.82) is 0 Å². The van der Waals surface area contributed by atoms with E-state index in [1.165, 1.54) is 24.3 Å². The standard InChI is InChI=1S/C23H18ClN3O5/c24-19-9-11-21(12-10-19)32-15-17-4-7-18(8-5-17)23(29)26-25-22(28)13-6-16-2-1-3-20(14-16)27(30)31/h1-14H,15H2,(H,25,28)(H,26,29)/b13-6+. The highest BCUT2D eigenvalue weighted by molar-refractivity contribution is 6.30. The van der Waals surface area contributed by atoms with Gasteiger partial charge < -0.3 is 4.74 Å². The van der Waals surface area contributed by atoms with Crippen molar-refractivity contribution in [3.8, 4) is 5.75 Å². The zero-order chi connectivity index (χ0) is 22.9. The van der Waals surface area contributed by atoms with Crippen LogP contribution in [0.1, 0.15) is 21.5 Å². The summed E-state index contributed by atoms with van der Waals surface area (Å²) in [5, 5.41) is 11.4. The molecule has 0 aliphatic rings. The first-order valence-electron chi connectivity index (χ1n) is 9.41. The zero-order valence-corrected chi connectivity index (χ0v) is 17.4. The Bertz CT molecular complexity index is 1150. The van der Waals surface area contributed by atoms with Crippen molar-refractivity contribution in [2.45, 2.75) is 6.61 Å². The van der Waals surface area contributed by atoms with Crippen molar-refractivity contribution in [1.82, 2.24) is 10.9 Å². The van der Waals surface area contributed by atoms with Crippen molar-refractivity contribution >= 4 is 35.2 Å². The molecule has 0 saturated heterocycles. The van der Waals surface area contributed by atoms with E-state index in [1.54, 1.807) is 54.6 Å². The number of non-ortho nitro benzene ring substituents is 1. The van der Waals surface area contributed by atoms with Crippen LogP contribution >= 0.6 is 11.6 Å². The number of halogens is 1. The lowest BCUT2D eigenvalue weighted by molar-refractivity contribution is -0.384. The number of hydrogen-bond donors (Lipinski definition) is 2. The number of ether oxygens (including phenoxy) is 1. The highest BCUT2D eigenvalue weighted by atomic mass is 35.5. The van der Waals surface area contributed by atoms with Gasteiger partial charge in [0.05, 0.1) is 4.92 Å². The minimum atomic E-state index is -0.585. The molecule has 0 saturated carbocycles. The van der Waals surface area contributed by atoms with E-state index in [-0.39, 0.29) is 5.69 Å². The molecule has 0 radical (unpaired) electrons. The van der Waals surface area contributed by atoms with Gasteiger partial charge in [0.15, 0.2) is 0 Å².